The first-order valence-electron chi connectivity index (χ1n) is 7.61. The molecule has 1 aromatic heterocycles. The van der Waals surface area contributed by atoms with Crippen LogP contribution in [0.25, 0.3) is 0 Å². The summed E-state index contributed by atoms with van der Waals surface area (Å²) >= 11 is 0. The van der Waals surface area contributed by atoms with E-state index in [-0.39, 0.29) is 12.4 Å². The standard InChI is InChI=1S/C17H18F3N3O3/c1-11-7-13(3-4-14(11)25-2)23-16(24)22-9-12-5-6-21-15(8-12)26-10-17(18,19)20/h3-8H,9-10H2,1-2H3,(H2,22,23,24). The Balaban J connectivity index is 1.88. The van der Waals surface area contributed by atoms with Crippen molar-refractivity contribution >= 4 is 11.7 Å². The first-order valence-corrected chi connectivity index (χ1v) is 7.61. The third-order valence-electron chi connectivity index (χ3n) is 3.29. The van der Waals surface area contributed by atoms with Crippen LogP contribution in [0.1, 0.15) is 11.1 Å². The third kappa shape index (κ3) is 6.15. The van der Waals surface area contributed by atoms with Crippen molar-refractivity contribution in [1.29, 1.82) is 0 Å². The molecule has 6 nitrogen and oxygen atoms in total. The lowest BCUT2D eigenvalue weighted by Gasteiger charge is -2.11. The Morgan fingerprint density at radius 2 is 2.00 bits per heavy atom. The van der Waals surface area contributed by atoms with Crippen molar-refractivity contribution in [3.63, 3.8) is 0 Å². The lowest BCUT2D eigenvalue weighted by atomic mass is 10.2. The molecule has 0 radical (unpaired) electrons. The number of pyridine rings is 1. The minimum Gasteiger partial charge on any atom is -0.496 e. The lowest BCUT2D eigenvalue weighted by Crippen LogP contribution is -2.28. The summed E-state index contributed by atoms with van der Waals surface area (Å²) in [5.41, 5.74) is 2.01. The number of ether oxygens (including phenoxy) is 2. The van der Waals surface area contributed by atoms with Crippen LogP contribution in [-0.2, 0) is 6.54 Å². The Hall–Kier alpha value is -2.97. The zero-order valence-electron chi connectivity index (χ0n) is 14.2. The van der Waals surface area contributed by atoms with Gasteiger partial charge in [0.05, 0.1) is 7.11 Å². The predicted molar refractivity (Wildman–Crippen MR) is 89.4 cm³/mol. The summed E-state index contributed by atoms with van der Waals surface area (Å²) in [7, 11) is 1.56. The highest BCUT2D eigenvalue weighted by Gasteiger charge is 2.28. The fraction of sp³-hybridized carbons (Fsp3) is 0.294. The van der Waals surface area contributed by atoms with Crippen LogP contribution in [0.15, 0.2) is 36.5 Å². The number of hydrogen-bond acceptors (Lipinski definition) is 4. The number of carbonyl (C=O) groups is 1. The van der Waals surface area contributed by atoms with E-state index in [0.29, 0.717) is 17.0 Å². The predicted octanol–water partition coefficient (Wildman–Crippen LogP) is 3.66. The average molecular weight is 369 g/mol. The van der Waals surface area contributed by atoms with Crippen LogP contribution < -0.4 is 20.1 Å². The number of methoxy groups -OCH3 is 1. The molecule has 26 heavy (non-hydrogen) atoms. The Kier molecular flexibility index (Phi) is 6.26. The highest BCUT2D eigenvalue weighted by molar-refractivity contribution is 5.89. The van der Waals surface area contributed by atoms with Gasteiger partial charge in [-0.25, -0.2) is 9.78 Å². The van der Waals surface area contributed by atoms with E-state index in [1.54, 1.807) is 31.4 Å². The van der Waals surface area contributed by atoms with Crippen molar-refractivity contribution in [2.75, 3.05) is 19.0 Å². The van der Waals surface area contributed by atoms with Crippen molar-refractivity contribution in [3.05, 3.63) is 47.7 Å². The SMILES string of the molecule is COc1ccc(NC(=O)NCc2ccnc(OCC(F)(F)F)c2)cc1C. The van der Waals surface area contributed by atoms with Crippen LogP contribution in [0, 0.1) is 6.92 Å². The van der Waals surface area contributed by atoms with Gasteiger partial charge in [0.2, 0.25) is 5.88 Å². The number of carbonyl (C=O) groups excluding carboxylic acids is 1. The molecule has 0 aliphatic rings. The van der Waals surface area contributed by atoms with Gasteiger partial charge in [-0.2, -0.15) is 13.2 Å². The summed E-state index contributed by atoms with van der Waals surface area (Å²) in [5, 5.41) is 5.27. The van der Waals surface area contributed by atoms with Gasteiger partial charge in [-0.05, 0) is 42.3 Å². The molecule has 1 aromatic carbocycles. The molecule has 0 saturated heterocycles. The van der Waals surface area contributed by atoms with E-state index in [1.165, 1.54) is 12.3 Å². The fourth-order valence-corrected chi connectivity index (χ4v) is 2.11. The molecule has 0 aliphatic heterocycles. The molecule has 0 aliphatic carbocycles. The normalized spacial score (nSPS) is 11.0. The highest BCUT2D eigenvalue weighted by Crippen LogP contribution is 2.21. The first-order chi connectivity index (χ1) is 12.3. The molecule has 0 bridgehead atoms. The maximum Gasteiger partial charge on any atom is 0.422 e. The van der Waals surface area contributed by atoms with E-state index >= 15 is 0 Å². The second-order valence-corrected chi connectivity index (χ2v) is 5.40. The molecule has 140 valence electrons. The van der Waals surface area contributed by atoms with Crippen LogP contribution in [0.5, 0.6) is 11.6 Å². The number of benzene rings is 1. The molecular formula is C17H18F3N3O3. The Bertz CT molecular complexity index is 766. The molecule has 0 saturated carbocycles. The Morgan fingerprint density at radius 3 is 2.65 bits per heavy atom. The zero-order valence-corrected chi connectivity index (χ0v) is 14.2. The quantitative estimate of drug-likeness (QED) is 0.815. The summed E-state index contributed by atoms with van der Waals surface area (Å²) in [5.74, 6) is 0.548. The number of aryl methyl sites for hydroxylation is 1. The van der Waals surface area contributed by atoms with Gasteiger partial charge in [-0.1, -0.05) is 0 Å². The lowest BCUT2D eigenvalue weighted by molar-refractivity contribution is -0.154. The number of hydrogen-bond donors (Lipinski definition) is 2. The minimum absolute atomic E-state index is 0.103. The van der Waals surface area contributed by atoms with E-state index in [2.05, 4.69) is 20.4 Å². The third-order valence-corrected chi connectivity index (χ3v) is 3.29. The molecule has 0 unspecified atom stereocenters. The largest absolute Gasteiger partial charge is 0.496 e. The van der Waals surface area contributed by atoms with Gasteiger partial charge in [0, 0.05) is 24.5 Å². The number of halogens is 3. The maximum absolute atomic E-state index is 12.2. The summed E-state index contributed by atoms with van der Waals surface area (Å²) in [6, 6.07) is 7.64. The first kappa shape index (κ1) is 19.4. The van der Waals surface area contributed by atoms with Crippen LogP contribution >= 0.6 is 0 Å². The van der Waals surface area contributed by atoms with Crippen molar-refractivity contribution in [1.82, 2.24) is 10.3 Å². The minimum atomic E-state index is -4.44. The molecule has 2 rings (SSSR count). The summed E-state index contributed by atoms with van der Waals surface area (Å²) in [6.07, 6.45) is -3.13. The number of amides is 2. The molecular weight excluding hydrogens is 351 g/mol. The topological polar surface area (TPSA) is 72.5 Å². The molecule has 2 aromatic rings. The van der Waals surface area contributed by atoms with Crippen molar-refractivity contribution < 1.29 is 27.4 Å². The van der Waals surface area contributed by atoms with E-state index in [9.17, 15) is 18.0 Å². The number of anilines is 1. The Labute approximate surface area is 148 Å². The number of nitrogens with one attached hydrogen (secondary N) is 2. The number of aromatic nitrogens is 1. The second-order valence-electron chi connectivity index (χ2n) is 5.40. The molecule has 1 heterocycles. The summed E-state index contributed by atoms with van der Waals surface area (Å²) in [6.45, 7) is 0.529. The van der Waals surface area contributed by atoms with Gasteiger partial charge in [0.1, 0.15) is 5.75 Å². The van der Waals surface area contributed by atoms with Gasteiger partial charge in [0.25, 0.3) is 0 Å². The van der Waals surface area contributed by atoms with E-state index in [1.807, 2.05) is 6.92 Å². The summed E-state index contributed by atoms with van der Waals surface area (Å²) in [4.78, 5) is 15.6. The number of rotatable bonds is 6. The van der Waals surface area contributed by atoms with Crippen LogP contribution in [0.2, 0.25) is 0 Å². The van der Waals surface area contributed by atoms with Gasteiger partial charge in [-0.15, -0.1) is 0 Å². The van der Waals surface area contributed by atoms with Gasteiger partial charge < -0.3 is 20.1 Å². The fourth-order valence-electron chi connectivity index (χ4n) is 2.11. The Morgan fingerprint density at radius 1 is 1.23 bits per heavy atom. The monoisotopic (exact) mass is 369 g/mol. The zero-order chi connectivity index (χ0) is 19.2. The molecule has 0 atom stereocenters. The molecule has 2 amide bonds. The molecule has 2 N–H and O–H groups in total. The molecule has 0 fully saturated rings. The van der Waals surface area contributed by atoms with E-state index in [4.69, 9.17) is 4.74 Å². The van der Waals surface area contributed by atoms with Gasteiger partial charge in [-0.3, -0.25) is 0 Å². The second kappa shape index (κ2) is 8.41. The maximum atomic E-state index is 12.2. The molecule has 9 heteroatoms. The van der Waals surface area contributed by atoms with Gasteiger partial charge in [0.15, 0.2) is 6.61 Å². The molecule has 0 spiro atoms. The van der Waals surface area contributed by atoms with Crippen LogP contribution in [0.3, 0.4) is 0 Å². The number of urea groups is 1. The van der Waals surface area contributed by atoms with Crippen molar-refractivity contribution in [2.24, 2.45) is 0 Å². The van der Waals surface area contributed by atoms with Crippen molar-refractivity contribution in [2.45, 2.75) is 19.6 Å². The smallest absolute Gasteiger partial charge is 0.422 e. The van der Waals surface area contributed by atoms with E-state index in [0.717, 1.165) is 5.56 Å². The van der Waals surface area contributed by atoms with Gasteiger partial charge >= 0.3 is 12.2 Å². The number of alkyl halides is 3. The highest BCUT2D eigenvalue weighted by atomic mass is 19.4. The van der Waals surface area contributed by atoms with Crippen LogP contribution in [-0.4, -0.2) is 30.9 Å². The van der Waals surface area contributed by atoms with Crippen LogP contribution in [0.4, 0.5) is 23.7 Å². The van der Waals surface area contributed by atoms with E-state index < -0.39 is 18.8 Å². The summed E-state index contributed by atoms with van der Waals surface area (Å²) < 4.78 is 46.2. The average Bonchev–Trinajstić information content (AvgIpc) is 2.58. The number of nitrogens with zero attached hydrogens (tertiary/aromatic N) is 1. The van der Waals surface area contributed by atoms with Crippen molar-refractivity contribution in [3.8, 4) is 11.6 Å².